The van der Waals surface area contributed by atoms with Crippen molar-refractivity contribution < 1.29 is 9.18 Å². The molecule has 3 unspecified atom stereocenters. The summed E-state index contributed by atoms with van der Waals surface area (Å²) in [4.78, 5) is 18.2. The van der Waals surface area contributed by atoms with Gasteiger partial charge < -0.3 is 5.41 Å². The van der Waals surface area contributed by atoms with Gasteiger partial charge in [-0.3, -0.25) is 10.2 Å². The van der Waals surface area contributed by atoms with E-state index in [0.29, 0.717) is 29.7 Å². The summed E-state index contributed by atoms with van der Waals surface area (Å²) in [6, 6.07) is 5.88. The molecule has 0 radical (unpaired) electrons. The van der Waals surface area contributed by atoms with Gasteiger partial charge in [-0.15, -0.1) is 18.3 Å². The first-order valence-corrected chi connectivity index (χ1v) is 19.8. The molecule has 1 aromatic rings. The molecule has 286 valence electrons. The summed E-state index contributed by atoms with van der Waals surface area (Å²) in [5.74, 6) is -1.10. The Morgan fingerprint density at radius 1 is 1.08 bits per heavy atom. The van der Waals surface area contributed by atoms with Crippen molar-refractivity contribution in [1.82, 2.24) is 0 Å². The summed E-state index contributed by atoms with van der Waals surface area (Å²) < 4.78 is 15.4. The van der Waals surface area contributed by atoms with Crippen molar-refractivity contribution in [2.75, 3.05) is 0 Å². The maximum atomic E-state index is 15.4. The first kappa shape index (κ1) is 46.9. The molecule has 0 aromatic heterocycles. The normalized spacial score (nSPS) is 13.7. The van der Waals surface area contributed by atoms with Gasteiger partial charge in [0.25, 0.3) is 5.91 Å². The lowest BCUT2D eigenvalue weighted by Gasteiger charge is -2.19. The maximum Gasteiger partial charge on any atom is 0.290 e. The van der Waals surface area contributed by atoms with Crippen LogP contribution in [0.1, 0.15) is 128 Å². The van der Waals surface area contributed by atoms with Gasteiger partial charge in [-0.05, 0) is 140 Å². The number of aliphatic imine (C=N–C) groups is 1. The number of carbonyl (C=O) groups is 1. The van der Waals surface area contributed by atoms with Crippen LogP contribution in [0, 0.1) is 39.8 Å². The van der Waals surface area contributed by atoms with Gasteiger partial charge in [-0.2, -0.15) is 5.26 Å². The lowest BCUT2D eigenvalue weighted by molar-refractivity contribution is -0.111. The molecule has 0 aliphatic rings. The van der Waals surface area contributed by atoms with Gasteiger partial charge in [0.1, 0.15) is 11.7 Å². The molecule has 1 aromatic carbocycles. The maximum absolute atomic E-state index is 15.4. The number of amides is 1. The third kappa shape index (κ3) is 16.2. The van der Waals surface area contributed by atoms with E-state index in [4.69, 9.17) is 10.8 Å². The third-order valence-electron chi connectivity index (χ3n) is 9.63. The molecule has 7 heteroatoms. The van der Waals surface area contributed by atoms with Crippen molar-refractivity contribution in [2.45, 2.75) is 125 Å². The molecule has 5 nitrogen and oxygen atoms in total. The number of allylic oxidation sites excluding steroid dienone is 8. The molecule has 1 rings (SSSR count). The highest BCUT2D eigenvalue weighted by atomic mass is 32.2. The number of nitrogens with zero attached hydrogens (tertiary/aromatic N) is 2. The molecule has 0 heterocycles. The topological polar surface area (TPSA) is 101 Å². The monoisotopic (exact) mass is 738 g/mol. The molecule has 0 aliphatic carbocycles. The summed E-state index contributed by atoms with van der Waals surface area (Å²) in [5, 5.41) is 28.6. The highest BCUT2D eigenvalue weighted by Gasteiger charge is 2.21. The molecule has 2 N–H and O–H groups in total. The van der Waals surface area contributed by atoms with Crippen LogP contribution in [-0.4, -0.2) is 23.0 Å². The van der Waals surface area contributed by atoms with Crippen molar-refractivity contribution in [1.29, 1.82) is 16.1 Å². The molecular weight excluding hydrogens is 676 g/mol. The largest absolute Gasteiger partial charge is 0.303 e. The van der Waals surface area contributed by atoms with Gasteiger partial charge in [0.15, 0.2) is 0 Å². The minimum absolute atomic E-state index is 0.113. The quantitative estimate of drug-likeness (QED) is 0.0428. The molecule has 0 saturated heterocycles. The Labute approximate surface area is 324 Å². The van der Waals surface area contributed by atoms with Crippen molar-refractivity contribution in [2.24, 2.45) is 16.8 Å². The number of benzene rings is 1. The van der Waals surface area contributed by atoms with E-state index in [1.165, 1.54) is 11.8 Å². The second-order valence-corrected chi connectivity index (χ2v) is 15.0. The van der Waals surface area contributed by atoms with Crippen molar-refractivity contribution in [3.63, 3.8) is 0 Å². The third-order valence-corrected chi connectivity index (χ3v) is 10.7. The number of unbranched alkanes of at least 4 members (excludes halogenated alkanes) is 3. The Balaban J connectivity index is 2.93. The zero-order valence-electron chi connectivity index (χ0n) is 33.3. The standard InChI is InChI=1S/C46H63FN4OS/c1-12-16-17-21-33(8)41-27-37(20-13-2)28-43(47)40(41)24-25-44(49)46(52)51-35(10)34(9)30-53-36(11)38(15-4)22-18-19-23-39(26-32(7)14-3)42(29-48)45(50)31(5)6/h13-14,23,27-28,30,33,38,42,49-50H,2-3,5,7,11-12,15-22,24-26H2,1,4,6,8-10H3/b34-30?,39-23-,49-44?,50-45?,51-35?. The van der Waals surface area contributed by atoms with Crippen LogP contribution in [0.25, 0.3) is 0 Å². The summed E-state index contributed by atoms with van der Waals surface area (Å²) in [6.07, 6.45) is 14.8. The molecule has 1 amide bonds. The van der Waals surface area contributed by atoms with E-state index in [0.717, 1.165) is 84.1 Å². The number of carbonyl (C=O) groups excluding carboxylic acids is 1. The molecule has 0 fully saturated rings. The predicted molar refractivity (Wildman–Crippen MR) is 229 cm³/mol. The summed E-state index contributed by atoms with van der Waals surface area (Å²) in [5.41, 5.74) is 6.10. The smallest absolute Gasteiger partial charge is 0.290 e. The predicted octanol–water partition coefficient (Wildman–Crippen LogP) is 13.3. The highest BCUT2D eigenvalue weighted by Crippen LogP contribution is 2.32. The fourth-order valence-corrected chi connectivity index (χ4v) is 7.00. The minimum Gasteiger partial charge on any atom is -0.303 e. The average molecular weight is 739 g/mol. The Morgan fingerprint density at radius 3 is 2.36 bits per heavy atom. The zero-order valence-corrected chi connectivity index (χ0v) is 34.1. The van der Waals surface area contributed by atoms with E-state index < -0.39 is 11.8 Å². The molecular formula is C46H63FN4OS. The van der Waals surface area contributed by atoms with Crippen LogP contribution in [0.4, 0.5) is 4.39 Å². The zero-order chi connectivity index (χ0) is 40.1. The van der Waals surface area contributed by atoms with Gasteiger partial charge in [-0.25, -0.2) is 9.38 Å². The lowest BCUT2D eigenvalue weighted by atomic mass is 9.87. The molecule has 0 aliphatic heterocycles. The van der Waals surface area contributed by atoms with Crippen LogP contribution in [-0.2, 0) is 17.6 Å². The second-order valence-electron chi connectivity index (χ2n) is 14.0. The molecule has 3 atom stereocenters. The molecule has 0 bridgehead atoms. The SMILES string of the molecule is C=CCc1cc(F)c(CCC(=N)C(=O)N=C(C)C(C)=CSC(=C)C(CC)CCC/C=C(/CC(=C)C=C)C(C#N)C(=N)C(=C)C)c(C(C)CCCCC)c1. The number of nitriles is 1. The van der Waals surface area contributed by atoms with E-state index >= 15 is 4.39 Å². The molecule has 0 saturated carbocycles. The average Bonchev–Trinajstić information content (AvgIpc) is 3.12. The molecule has 53 heavy (non-hydrogen) atoms. The number of hydrogen-bond acceptors (Lipinski definition) is 5. The summed E-state index contributed by atoms with van der Waals surface area (Å²) in [7, 11) is 0. The number of thioether (sulfide) groups is 1. The van der Waals surface area contributed by atoms with Crippen LogP contribution in [0.5, 0.6) is 0 Å². The van der Waals surface area contributed by atoms with E-state index in [1.54, 1.807) is 32.1 Å². The van der Waals surface area contributed by atoms with Crippen LogP contribution in [0.2, 0.25) is 0 Å². The summed E-state index contributed by atoms with van der Waals surface area (Å²) in [6.45, 7) is 31.6. The van der Waals surface area contributed by atoms with E-state index in [9.17, 15) is 10.1 Å². The van der Waals surface area contributed by atoms with Crippen LogP contribution in [0.15, 0.2) is 101 Å². The molecule has 0 spiro atoms. The Morgan fingerprint density at radius 2 is 1.77 bits per heavy atom. The van der Waals surface area contributed by atoms with Crippen molar-refractivity contribution in [3.05, 3.63) is 118 Å². The van der Waals surface area contributed by atoms with Gasteiger partial charge in [0.2, 0.25) is 0 Å². The summed E-state index contributed by atoms with van der Waals surface area (Å²) >= 11 is 1.53. The minimum atomic E-state index is -0.657. The second kappa shape index (κ2) is 25.0. The van der Waals surface area contributed by atoms with E-state index in [1.807, 2.05) is 12.3 Å². The lowest BCUT2D eigenvalue weighted by Crippen LogP contribution is -2.15. The van der Waals surface area contributed by atoms with Gasteiger partial charge >= 0.3 is 0 Å². The Bertz CT molecular complexity index is 1650. The Hall–Kier alpha value is -4.15. The fraction of sp³-hybridized carbons (Fsp3) is 0.457. The van der Waals surface area contributed by atoms with Crippen molar-refractivity contribution in [3.8, 4) is 6.07 Å². The number of rotatable bonds is 26. The van der Waals surface area contributed by atoms with Gasteiger partial charge in [0.05, 0.1) is 17.5 Å². The van der Waals surface area contributed by atoms with Crippen LogP contribution < -0.4 is 0 Å². The fourth-order valence-electron chi connectivity index (χ4n) is 6.02. The number of hydrogen-bond donors (Lipinski definition) is 2. The highest BCUT2D eigenvalue weighted by molar-refractivity contribution is 8.05. The van der Waals surface area contributed by atoms with Gasteiger partial charge in [-0.1, -0.05) is 96.2 Å². The Kier molecular flexibility index (Phi) is 22.1. The van der Waals surface area contributed by atoms with Crippen molar-refractivity contribution >= 4 is 34.8 Å². The van der Waals surface area contributed by atoms with E-state index in [2.05, 4.69) is 76.9 Å². The van der Waals surface area contributed by atoms with E-state index in [-0.39, 0.29) is 41.9 Å². The number of nitrogens with one attached hydrogen (secondary N) is 2. The number of halogens is 1. The first-order chi connectivity index (χ1) is 25.1. The van der Waals surface area contributed by atoms with Crippen LogP contribution in [0.3, 0.4) is 0 Å². The first-order valence-electron chi connectivity index (χ1n) is 18.9. The van der Waals surface area contributed by atoms with Crippen LogP contribution >= 0.6 is 11.8 Å². The van der Waals surface area contributed by atoms with Gasteiger partial charge in [0, 0.05) is 5.71 Å².